The molecule has 0 spiro atoms. The van der Waals surface area contributed by atoms with Gasteiger partial charge >= 0.3 is 12.1 Å². The van der Waals surface area contributed by atoms with Crippen LogP contribution in [0.3, 0.4) is 0 Å². The Labute approximate surface area is 168 Å². The monoisotopic (exact) mass is 400 g/mol. The van der Waals surface area contributed by atoms with E-state index in [0.717, 1.165) is 11.1 Å². The van der Waals surface area contributed by atoms with Crippen molar-refractivity contribution in [1.29, 1.82) is 0 Å². The topological polar surface area (TPSA) is 114 Å². The van der Waals surface area contributed by atoms with E-state index in [1.54, 1.807) is 24.3 Å². The number of esters is 1. The van der Waals surface area contributed by atoms with Gasteiger partial charge in [0, 0.05) is 6.42 Å². The lowest BCUT2D eigenvalue weighted by molar-refractivity contribution is -0.145. The Morgan fingerprint density at radius 2 is 1.48 bits per heavy atom. The number of alkyl carbamates (subject to hydrolysis) is 1. The van der Waals surface area contributed by atoms with Crippen molar-refractivity contribution in [3.8, 4) is 0 Å². The highest BCUT2D eigenvalue weighted by atomic mass is 16.5. The van der Waals surface area contributed by atoms with Gasteiger partial charge in [-0.2, -0.15) is 0 Å². The van der Waals surface area contributed by atoms with Crippen LogP contribution in [0.5, 0.6) is 0 Å². The van der Waals surface area contributed by atoms with Crippen LogP contribution in [-0.4, -0.2) is 48.9 Å². The average molecular weight is 400 g/mol. The number of rotatable bonds is 9. The van der Waals surface area contributed by atoms with Gasteiger partial charge < -0.3 is 25.2 Å². The van der Waals surface area contributed by atoms with Crippen LogP contribution in [-0.2, 0) is 32.1 Å². The van der Waals surface area contributed by atoms with Crippen LogP contribution in [0.25, 0.3) is 0 Å². The van der Waals surface area contributed by atoms with E-state index in [4.69, 9.17) is 9.47 Å². The fourth-order valence-corrected chi connectivity index (χ4v) is 2.56. The SMILES string of the molecule is COC(=O)C(Cc1ccccc1)NC(=O)C(CO)NC(=O)OCc1ccccc1. The Kier molecular flexibility index (Phi) is 8.65. The van der Waals surface area contributed by atoms with E-state index in [-0.39, 0.29) is 13.0 Å². The molecule has 0 bridgehead atoms. The summed E-state index contributed by atoms with van der Waals surface area (Å²) in [5, 5.41) is 14.3. The summed E-state index contributed by atoms with van der Waals surface area (Å²) in [6, 6.07) is 15.9. The molecule has 0 saturated heterocycles. The number of hydrogen-bond acceptors (Lipinski definition) is 6. The molecule has 0 saturated carbocycles. The molecule has 2 aromatic carbocycles. The first kappa shape index (κ1) is 21.9. The number of benzene rings is 2. The second-order valence-electron chi connectivity index (χ2n) is 6.22. The zero-order valence-electron chi connectivity index (χ0n) is 16.0. The molecule has 0 heterocycles. The highest BCUT2D eigenvalue weighted by Gasteiger charge is 2.27. The Hall–Kier alpha value is -3.39. The lowest BCUT2D eigenvalue weighted by Gasteiger charge is -2.21. The lowest BCUT2D eigenvalue weighted by atomic mass is 10.1. The van der Waals surface area contributed by atoms with Gasteiger partial charge in [0.05, 0.1) is 13.7 Å². The van der Waals surface area contributed by atoms with Crippen molar-refractivity contribution in [1.82, 2.24) is 10.6 Å². The van der Waals surface area contributed by atoms with E-state index >= 15 is 0 Å². The van der Waals surface area contributed by atoms with Crippen molar-refractivity contribution in [3.05, 3.63) is 71.8 Å². The summed E-state index contributed by atoms with van der Waals surface area (Å²) in [5.74, 6) is -1.36. The molecule has 0 aliphatic heterocycles. The first-order chi connectivity index (χ1) is 14.0. The van der Waals surface area contributed by atoms with Gasteiger partial charge in [-0.25, -0.2) is 9.59 Å². The van der Waals surface area contributed by atoms with E-state index in [9.17, 15) is 19.5 Å². The van der Waals surface area contributed by atoms with Gasteiger partial charge in [0.25, 0.3) is 0 Å². The summed E-state index contributed by atoms with van der Waals surface area (Å²) in [5.41, 5.74) is 1.60. The molecule has 2 aromatic rings. The van der Waals surface area contributed by atoms with Gasteiger partial charge in [0.2, 0.25) is 5.91 Å². The minimum atomic E-state index is -1.28. The molecule has 3 N–H and O–H groups in total. The number of amides is 2. The van der Waals surface area contributed by atoms with E-state index in [1.165, 1.54) is 7.11 Å². The van der Waals surface area contributed by atoms with Gasteiger partial charge in [-0.05, 0) is 11.1 Å². The van der Waals surface area contributed by atoms with Crippen LogP contribution < -0.4 is 10.6 Å². The Morgan fingerprint density at radius 1 is 0.897 bits per heavy atom. The summed E-state index contributed by atoms with van der Waals surface area (Å²) in [7, 11) is 1.22. The molecule has 0 radical (unpaired) electrons. The van der Waals surface area contributed by atoms with Crippen LogP contribution >= 0.6 is 0 Å². The molecule has 0 fully saturated rings. The first-order valence-corrected chi connectivity index (χ1v) is 9.03. The molecule has 2 rings (SSSR count). The number of nitrogens with one attached hydrogen (secondary N) is 2. The third-order valence-corrected chi connectivity index (χ3v) is 4.09. The van der Waals surface area contributed by atoms with Crippen molar-refractivity contribution in [2.45, 2.75) is 25.1 Å². The van der Waals surface area contributed by atoms with E-state index in [2.05, 4.69) is 10.6 Å². The predicted molar refractivity (Wildman–Crippen MR) is 105 cm³/mol. The average Bonchev–Trinajstić information content (AvgIpc) is 2.76. The van der Waals surface area contributed by atoms with Gasteiger partial charge in [0.1, 0.15) is 18.7 Å². The Morgan fingerprint density at radius 3 is 2.03 bits per heavy atom. The zero-order chi connectivity index (χ0) is 21.1. The normalized spacial score (nSPS) is 12.3. The molecule has 2 amide bonds. The maximum atomic E-state index is 12.5. The summed E-state index contributed by atoms with van der Waals surface area (Å²) >= 11 is 0. The number of hydrogen-bond donors (Lipinski definition) is 3. The second kappa shape index (κ2) is 11.5. The molecule has 29 heavy (non-hydrogen) atoms. The first-order valence-electron chi connectivity index (χ1n) is 9.03. The largest absolute Gasteiger partial charge is 0.467 e. The molecule has 2 atom stereocenters. The molecule has 2 unspecified atom stereocenters. The Bertz CT molecular complexity index is 797. The van der Waals surface area contributed by atoms with Crippen LogP contribution in [0.2, 0.25) is 0 Å². The van der Waals surface area contributed by atoms with Crippen molar-refractivity contribution < 1.29 is 29.0 Å². The predicted octanol–water partition coefficient (Wildman–Crippen LogP) is 1.17. The highest BCUT2D eigenvalue weighted by molar-refractivity contribution is 5.89. The van der Waals surface area contributed by atoms with E-state index in [1.807, 2.05) is 36.4 Å². The number of ether oxygens (including phenoxy) is 2. The van der Waals surface area contributed by atoms with Crippen LogP contribution in [0.1, 0.15) is 11.1 Å². The van der Waals surface area contributed by atoms with Crippen LogP contribution in [0.15, 0.2) is 60.7 Å². The summed E-state index contributed by atoms with van der Waals surface area (Å²) in [4.78, 5) is 36.4. The lowest BCUT2D eigenvalue weighted by Crippen LogP contribution is -2.54. The number of carbonyl (C=O) groups is 3. The summed E-state index contributed by atoms with van der Waals surface area (Å²) < 4.78 is 9.79. The molecular weight excluding hydrogens is 376 g/mol. The van der Waals surface area contributed by atoms with Gasteiger partial charge in [-0.3, -0.25) is 4.79 Å². The zero-order valence-corrected chi connectivity index (χ0v) is 16.0. The number of methoxy groups -OCH3 is 1. The van der Waals surface area contributed by atoms with Crippen LogP contribution in [0.4, 0.5) is 4.79 Å². The van der Waals surface area contributed by atoms with Gasteiger partial charge in [-0.1, -0.05) is 60.7 Å². The molecular formula is C21H24N2O6. The molecule has 8 heteroatoms. The Balaban J connectivity index is 1.93. The molecule has 154 valence electrons. The number of aliphatic hydroxyl groups excluding tert-OH is 1. The third kappa shape index (κ3) is 7.27. The summed E-state index contributed by atoms with van der Waals surface area (Å²) in [6.45, 7) is -0.642. The second-order valence-corrected chi connectivity index (χ2v) is 6.22. The van der Waals surface area contributed by atoms with Crippen molar-refractivity contribution >= 4 is 18.0 Å². The van der Waals surface area contributed by atoms with Crippen molar-refractivity contribution in [3.63, 3.8) is 0 Å². The minimum absolute atomic E-state index is 0.0191. The van der Waals surface area contributed by atoms with E-state index in [0.29, 0.717) is 0 Å². The fraction of sp³-hybridized carbons (Fsp3) is 0.286. The summed E-state index contributed by atoms with van der Waals surface area (Å²) in [6.07, 6.45) is -0.656. The highest BCUT2D eigenvalue weighted by Crippen LogP contribution is 2.05. The third-order valence-electron chi connectivity index (χ3n) is 4.09. The van der Waals surface area contributed by atoms with Crippen LogP contribution in [0, 0.1) is 0 Å². The minimum Gasteiger partial charge on any atom is -0.467 e. The quantitative estimate of drug-likeness (QED) is 0.545. The van der Waals surface area contributed by atoms with Crippen molar-refractivity contribution in [2.24, 2.45) is 0 Å². The van der Waals surface area contributed by atoms with Crippen molar-refractivity contribution in [2.75, 3.05) is 13.7 Å². The van der Waals surface area contributed by atoms with E-state index < -0.39 is 36.7 Å². The molecule has 8 nitrogen and oxygen atoms in total. The standard InChI is InChI=1S/C21H24N2O6/c1-28-20(26)17(12-15-8-4-2-5-9-15)22-19(25)18(13-24)23-21(27)29-14-16-10-6-3-7-11-16/h2-11,17-18,24H,12-14H2,1H3,(H,22,25)(H,23,27). The number of aliphatic hydroxyl groups is 1. The molecule has 0 aliphatic rings. The van der Waals surface area contributed by atoms with Gasteiger partial charge in [0.15, 0.2) is 0 Å². The number of carbonyl (C=O) groups excluding carboxylic acids is 3. The fourth-order valence-electron chi connectivity index (χ4n) is 2.56. The molecule has 0 aromatic heterocycles. The smallest absolute Gasteiger partial charge is 0.408 e. The molecule has 0 aliphatic carbocycles. The maximum Gasteiger partial charge on any atom is 0.408 e. The van der Waals surface area contributed by atoms with Gasteiger partial charge in [-0.15, -0.1) is 0 Å². The maximum absolute atomic E-state index is 12.5.